The Hall–Kier alpha value is -2.77. The Bertz CT molecular complexity index is 1120. The van der Waals surface area contributed by atoms with Crippen molar-refractivity contribution in [3.8, 4) is 11.4 Å². The first-order chi connectivity index (χ1) is 14.4. The van der Waals surface area contributed by atoms with E-state index in [4.69, 9.17) is 16.3 Å². The minimum absolute atomic E-state index is 0.135. The fourth-order valence-electron chi connectivity index (χ4n) is 2.77. The maximum absolute atomic E-state index is 12.5. The molecule has 1 heterocycles. The van der Waals surface area contributed by atoms with Gasteiger partial charge >= 0.3 is 0 Å². The number of thioether (sulfide) groups is 1. The van der Waals surface area contributed by atoms with Crippen molar-refractivity contribution < 1.29 is 9.53 Å². The standard InChI is InChI=1S/C22H22ClN3O3S/c1-14-8-9-17(12-18(14)23)26-21(27)11-10-20(25-26)30-15(2)22(28)24-13-16-6-4-5-7-19(16)29-3/h4-12,15H,13H2,1-3H3,(H,24,28)/t15-/m0/s1. The molecular formula is C22H22ClN3O3S. The SMILES string of the molecule is COc1ccccc1CNC(=O)[C@H](C)Sc1ccc(=O)n(-c2ccc(C)c(Cl)c2)n1. The molecule has 0 saturated carbocycles. The molecule has 1 amide bonds. The highest BCUT2D eigenvalue weighted by molar-refractivity contribution is 8.00. The summed E-state index contributed by atoms with van der Waals surface area (Å²) in [6.07, 6.45) is 0. The number of para-hydroxylation sites is 1. The zero-order valence-corrected chi connectivity index (χ0v) is 18.5. The topological polar surface area (TPSA) is 73.2 Å². The smallest absolute Gasteiger partial charge is 0.271 e. The van der Waals surface area contributed by atoms with Crippen molar-refractivity contribution in [3.63, 3.8) is 0 Å². The number of halogens is 1. The van der Waals surface area contributed by atoms with Crippen molar-refractivity contribution in [1.29, 1.82) is 0 Å². The first-order valence-corrected chi connectivity index (χ1v) is 10.6. The third-order valence-electron chi connectivity index (χ3n) is 4.49. The molecule has 0 bridgehead atoms. The molecule has 0 fully saturated rings. The second kappa shape index (κ2) is 9.82. The predicted molar refractivity (Wildman–Crippen MR) is 120 cm³/mol. The zero-order chi connectivity index (χ0) is 21.7. The van der Waals surface area contributed by atoms with Crippen LogP contribution >= 0.6 is 23.4 Å². The van der Waals surface area contributed by atoms with Gasteiger partial charge in [-0.25, -0.2) is 0 Å². The monoisotopic (exact) mass is 443 g/mol. The Balaban J connectivity index is 1.70. The van der Waals surface area contributed by atoms with Crippen LogP contribution in [0.3, 0.4) is 0 Å². The van der Waals surface area contributed by atoms with Gasteiger partial charge in [0.25, 0.3) is 5.56 Å². The highest BCUT2D eigenvalue weighted by atomic mass is 35.5. The molecule has 0 aliphatic carbocycles. The van der Waals surface area contributed by atoms with E-state index in [9.17, 15) is 9.59 Å². The summed E-state index contributed by atoms with van der Waals surface area (Å²) >= 11 is 7.45. The van der Waals surface area contributed by atoms with Gasteiger partial charge in [-0.15, -0.1) is 0 Å². The van der Waals surface area contributed by atoms with E-state index in [2.05, 4.69) is 10.4 Å². The van der Waals surface area contributed by atoms with Crippen LogP contribution in [-0.4, -0.2) is 28.0 Å². The highest BCUT2D eigenvalue weighted by Gasteiger charge is 2.16. The molecule has 0 aliphatic rings. The predicted octanol–water partition coefficient (Wildman–Crippen LogP) is 4.00. The van der Waals surface area contributed by atoms with Crippen molar-refractivity contribution in [2.45, 2.75) is 30.7 Å². The maximum atomic E-state index is 12.5. The van der Waals surface area contributed by atoms with E-state index in [-0.39, 0.29) is 11.5 Å². The molecule has 30 heavy (non-hydrogen) atoms. The largest absolute Gasteiger partial charge is 0.496 e. The number of carbonyl (C=O) groups is 1. The molecule has 0 spiro atoms. The summed E-state index contributed by atoms with van der Waals surface area (Å²) in [5.41, 5.74) is 2.12. The van der Waals surface area contributed by atoms with Crippen LogP contribution < -0.4 is 15.6 Å². The van der Waals surface area contributed by atoms with Crippen LogP contribution in [0.25, 0.3) is 5.69 Å². The minimum Gasteiger partial charge on any atom is -0.496 e. The van der Waals surface area contributed by atoms with Crippen LogP contribution in [0, 0.1) is 6.92 Å². The first kappa shape index (κ1) is 21.9. The molecule has 8 heteroatoms. The summed E-state index contributed by atoms with van der Waals surface area (Å²) in [6, 6.07) is 15.9. The number of amides is 1. The van der Waals surface area contributed by atoms with Crippen LogP contribution in [0.15, 0.2) is 64.4 Å². The van der Waals surface area contributed by atoms with Crippen LogP contribution in [0.2, 0.25) is 5.02 Å². The second-order valence-electron chi connectivity index (χ2n) is 6.64. The second-order valence-corrected chi connectivity index (χ2v) is 8.41. The Morgan fingerprint density at radius 2 is 2.00 bits per heavy atom. The van der Waals surface area contributed by atoms with Crippen molar-refractivity contribution in [3.05, 3.63) is 81.1 Å². The molecule has 1 atom stereocenters. The number of ether oxygens (including phenoxy) is 1. The Labute approximate surface area is 184 Å². The van der Waals surface area contributed by atoms with E-state index < -0.39 is 5.25 Å². The molecule has 0 saturated heterocycles. The van der Waals surface area contributed by atoms with Crippen molar-refractivity contribution >= 4 is 29.3 Å². The average molecular weight is 444 g/mol. The number of methoxy groups -OCH3 is 1. The molecule has 1 N–H and O–H groups in total. The number of rotatable bonds is 7. The number of nitrogens with zero attached hydrogens (tertiary/aromatic N) is 2. The number of aryl methyl sites for hydroxylation is 1. The molecule has 6 nitrogen and oxygen atoms in total. The number of aromatic nitrogens is 2. The molecule has 0 unspecified atom stereocenters. The summed E-state index contributed by atoms with van der Waals surface area (Å²) in [7, 11) is 1.60. The Morgan fingerprint density at radius 3 is 2.73 bits per heavy atom. The highest BCUT2D eigenvalue weighted by Crippen LogP contribution is 2.23. The van der Waals surface area contributed by atoms with Gasteiger partial charge in [0, 0.05) is 23.2 Å². The summed E-state index contributed by atoms with van der Waals surface area (Å²) in [5.74, 6) is 0.590. The molecular weight excluding hydrogens is 422 g/mol. The fraction of sp³-hybridized carbons (Fsp3) is 0.227. The summed E-state index contributed by atoms with van der Waals surface area (Å²) in [4.78, 5) is 24.8. The molecule has 1 aromatic heterocycles. The van der Waals surface area contributed by atoms with Gasteiger partial charge in [0.05, 0.1) is 18.0 Å². The molecule has 2 aromatic carbocycles. The van der Waals surface area contributed by atoms with E-state index in [0.29, 0.717) is 22.3 Å². The average Bonchev–Trinajstić information content (AvgIpc) is 2.75. The lowest BCUT2D eigenvalue weighted by atomic mass is 10.2. The molecule has 3 rings (SSSR count). The molecule has 0 radical (unpaired) electrons. The fourth-order valence-corrected chi connectivity index (χ4v) is 3.77. The first-order valence-electron chi connectivity index (χ1n) is 9.32. The van der Waals surface area contributed by atoms with E-state index in [0.717, 1.165) is 16.9 Å². The van der Waals surface area contributed by atoms with E-state index >= 15 is 0 Å². The zero-order valence-electron chi connectivity index (χ0n) is 16.9. The van der Waals surface area contributed by atoms with Gasteiger partial charge in [-0.3, -0.25) is 9.59 Å². The van der Waals surface area contributed by atoms with Gasteiger partial charge in [0.1, 0.15) is 10.8 Å². The lowest BCUT2D eigenvalue weighted by Crippen LogP contribution is -2.31. The van der Waals surface area contributed by atoms with Crippen molar-refractivity contribution in [2.24, 2.45) is 0 Å². The Kier molecular flexibility index (Phi) is 7.18. The lowest BCUT2D eigenvalue weighted by Gasteiger charge is -2.14. The van der Waals surface area contributed by atoms with Crippen molar-refractivity contribution in [1.82, 2.24) is 15.1 Å². The summed E-state index contributed by atoms with van der Waals surface area (Å²) in [6.45, 7) is 4.05. The van der Waals surface area contributed by atoms with Crippen LogP contribution in [0.1, 0.15) is 18.1 Å². The number of hydrogen-bond acceptors (Lipinski definition) is 5. The summed E-state index contributed by atoms with van der Waals surface area (Å²) in [5, 5.41) is 8.02. The van der Waals surface area contributed by atoms with E-state index in [1.165, 1.54) is 22.5 Å². The van der Waals surface area contributed by atoms with Crippen LogP contribution in [0.4, 0.5) is 0 Å². The maximum Gasteiger partial charge on any atom is 0.271 e. The van der Waals surface area contributed by atoms with Gasteiger partial charge < -0.3 is 10.1 Å². The molecule has 0 aliphatic heterocycles. The van der Waals surface area contributed by atoms with Crippen LogP contribution in [0.5, 0.6) is 5.75 Å². The van der Waals surface area contributed by atoms with Gasteiger partial charge in [-0.2, -0.15) is 9.78 Å². The number of carbonyl (C=O) groups excluding carboxylic acids is 1. The lowest BCUT2D eigenvalue weighted by molar-refractivity contribution is -0.120. The van der Waals surface area contributed by atoms with Gasteiger partial charge in [0.2, 0.25) is 5.91 Å². The third-order valence-corrected chi connectivity index (χ3v) is 5.92. The van der Waals surface area contributed by atoms with Gasteiger partial charge in [-0.05, 0) is 43.7 Å². The third kappa shape index (κ3) is 5.23. The minimum atomic E-state index is -0.403. The Morgan fingerprint density at radius 1 is 1.23 bits per heavy atom. The van der Waals surface area contributed by atoms with E-state index in [1.54, 1.807) is 32.2 Å². The number of hydrogen-bond donors (Lipinski definition) is 1. The number of nitrogens with one attached hydrogen (secondary N) is 1. The normalized spacial score (nSPS) is 11.7. The summed E-state index contributed by atoms with van der Waals surface area (Å²) < 4.78 is 6.59. The van der Waals surface area contributed by atoms with Crippen molar-refractivity contribution in [2.75, 3.05) is 7.11 Å². The quantitative estimate of drug-likeness (QED) is 0.559. The van der Waals surface area contributed by atoms with Crippen LogP contribution in [-0.2, 0) is 11.3 Å². The molecule has 156 valence electrons. The number of benzene rings is 2. The van der Waals surface area contributed by atoms with Gasteiger partial charge in [0.15, 0.2) is 0 Å². The van der Waals surface area contributed by atoms with E-state index in [1.807, 2.05) is 37.3 Å². The molecule has 3 aromatic rings. The van der Waals surface area contributed by atoms with Gasteiger partial charge in [-0.1, -0.05) is 47.6 Å².